The van der Waals surface area contributed by atoms with E-state index in [0.717, 1.165) is 4.47 Å². The van der Waals surface area contributed by atoms with Crippen molar-refractivity contribution in [2.75, 3.05) is 0 Å². The van der Waals surface area contributed by atoms with Gasteiger partial charge >= 0.3 is 0 Å². The molecule has 0 aliphatic heterocycles. The number of nitrogens with zero attached hydrogens (tertiary/aromatic N) is 2. The smallest absolute Gasteiger partial charge is 0.234 e. The van der Waals surface area contributed by atoms with Crippen LogP contribution < -0.4 is 0 Å². The Morgan fingerprint density at radius 2 is 1.89 bits per heavy atom. The van der Waals surface area contributed by atoms with Gasteiger partial charge < -0.3 is 4.42 Å². The topological polar surface area (TPSA) is 73.1 Å². The fourth-order valence-electron chi connectivity index (χ4n) is 1.53. The summed E-state index contributed by atoms with van der Waals surface area (Å²) in [6.45, 7) is 3.41. The van der Waals surface area contributed by atoms with Gasteiger partial charge in [0, 0.05) is 10.9 Å². The second-order valence-electron chi connectivity index (χ2n) is 4.03. The fourth-order valence-corrected chi connectivity index (χ4v) is 3.08. The zero-order chi connectivity index (χ0) is 14.0. The summed E-state index contributed by atoms with van der Waals surface area (Å²) in [7, 11) is -3.52. The third-order valence-corrected chi connectivity index (χ3v) is 5.33. The van der Waals surface area contributed by atoms with E-state index in [9.17, 15) is 8.42 Å². The Balaban J connectivity index is 2.36. The van der Waals surface area contributed by atoms with Crippen LogP contribution in [0.2, 0.25) is 0 Å². The molecule has 19 heavy (non-hydrogen) atoms. The van der Waals surface area contributed by atoms with Crippen LogP contribution in [0.4, 0.5) is 0 Å². The van der Waals surface area contributed by atoms with E-state index in [0.29, 0.717) is 12.3 Å². The van der Waals surface area contributed by atoms with E-state index in [1.807, 2.05) is 6.92 Å². The molecule has 2 rings (SSSR count). The number of halogens is 1. The van der Waals surface area contributed by atoms with Gasteiger partial charge in [-0.2, -0.15) is 0 Å². The Kier molecular flexibility index (Phi) is 4.05. The van der Waals surface area contributed by atoms with Crippen molar-refractivity contribution in [1.82, 2.24) is 10.2 Å². The van der Waals surface area contributed by atoms with Crippen molar-refractivity contribution in [3.8, 4) is 0 Å². The Labute approximate surface area is 120 Å². The molecule has 0 N–H and O–H groups in total. The molecule has 0 aliphatic carbocycles. The van der Waals surface area contributed by atoms with Gasteiger partial charge in [-0.05, 0) is 31.2 Å². The van der Waals surface area contributed by atoms with E-state index in [1.54, 1.807) is 31.2 Å². The fraction of sp³-hybridized carbons (Fsp3) is 0.333. The van der Waals surface area contributed by atoms with Gasteiger partial charge in [0.1, 0.15) is 5.25 Å². The summed E-state index contributed by atoms with van der Waals surface area (Å²) < 4.78 is 30.9. The average molecular weight is 345 g/mol. The SMILES string of the molecule is CCc1nnc([C@H](C)S(=O)(=O)c2ccc(Br)cc2)o1. The maximum absolute atomic E-state index is 12.4. The third kappa shape index (κ3) is 2.87. The number of sulfone groups is 1. The van der Waals surface area contributed by atoms with Crippen molar-refractivity contribution < 1.29 is 12.8 Å². The van der Waals surface area contributed by atoms with Gasteiger partial charge in [-0.15, -0.1) is 10.2 Å². The first kappa shape index (κ1) is 14.2. The van der Waals surface area contributed by atoms with Gasteiger partial charge in [-0.25, -0.2) is 8.42 Å². The van der Waals surface area contributed by atoms with Crippen LogP contribution in [0.15, 0.2) is 38.1 Å². The predicted octanol–water partition coefficient (Wildman–Crippen LogP) is 2.93. The van der Waals surface area contributed by atoms with Crippen molar-refractivity contribution in [3.63, 3.8) is 0 Å². The zero-order valence-electron chi connectivity index (χ0n) is 10.5. The van der Waals surface area contributed by atoms with Gasteiger partial charge in [-0.3, -0.25) is 0 Å². The summed E-state index contributed by atoms with van der Waals surface area (Å²) in [6, 6.07) is 6.47. The molecule has 2 aromatic rings. The molecule has 7 heteroatoms. The molecule has 0 bridgehead atoms. The third-order valence-electron chi connectivity index (χ3n) is 2.74. The molecule has 102 valence electrons. The summed E-state index contributed by atoms with van der Waals surface area (Å²) in [6.07, 6.45) is 0.581. The van der Waals surface area contributed by atoms with Crippen molar-refractivity contribution >= 4 is 25.8 Å². The summed E-state index contributed by atoms with van der Waals surface area (Å²) >= 11 is 3.27. The van der Waals surface area contributed by atoms with E-state index in [1.165, 1.54) is 0 Å². The highest BCUT2D eigenvalue weighted by molar-refractivity contribution is 9.10. The Bertz CT molecular complexity index is 665. The molecular weight excluding hydrogens is 332 g/mol. The molecule has 0 saturated carbocycles. The van der Waals surface area contributed by atoms with Crippen molar-refractivity contribution in [2.45, 2.75) is 30.4 Å². The van der Waals surface area contributed by atoms with Gasteiger partial charge in [-0.1, -0.05) is 22.9 Å². The van der Waals surface area contributed by atoms with Crippen LogP contribution in [-0.4, -0.2) is 18.6 Å². The molecule has 1 atom stereocenters. The molecule has 0 amide bonds. The van der Waals surface area contributed by atoms with Gasteiger partial charge in [0.05, 0.1) is 4.90 Å². The molecule has 1 aromatic heterocycles. The molecule has 0 aliphatic rings. The number of hydrogen-bond donors (Lipinski definition) is 0. The number of aryl methyl sites for hydroxylation is 1. The summed E-state index contributed by atoms with van der Waals surface area (Å²) in [5.74, 6) is 0.563. The molecule has 1 heterocycles. The van der Waals surface area contributed by atoms with Gasteiger partial charge in [0.25, 0.3) is 0 Å². The highest BCUT2D eigenvalue weighted by Crippen LogP contribution is 2.28. The van der Waals surface area contributed by atoms with Gasteiger partial charge in [0.2, 0.25) is 11.8 Å². The summed E-state index contributed by atoms with van der Waals surface area (Å²) in [4.78, 5) is 0.236. The molecule has 0 spiro atoms. The first-order valence-corrected chi connectivity index (χ1v) is 8.10. The van der Waals surface area contributed by atoms with E-state index >= 15 is 0 Å². The quantitative estimate of drug-likeness (QED) is 0.852. The van der Waals surface area contributed by atoms with Crippen LogP contribution in [0.3, 0.4) is 0 Å². The van der Waals surface area contributed by atoms with E-state index in [4.69, 9.17) is 4.42 Å². The number of rotatable bonds is 4. The predicted molar refractivity (Wildman–Crippen MR) is 73.4 cm³/mol. The zero-order valence-corrected chi connectivity index (χ0v) is 12.9. The maximum atomic E-state index is 12.4. The van der Waals surface area contributed by atoms with Crippen molar-refractivity contribution in [3.05, 3.63) is 40.5 Å². The lowest BCUT2D eigenvalue weighted by Gasteiger charge is -2.09. The molecule has 5 nitrogen and oxygen atoms in total. The Hall–Kier alpha value is -1.21. The lowest BCUT2D eigenvalue weighted by molar-refractivity contribution is 0.449. The van der Waals surface area contributed by atoms with Crippen LogP contribution in [0.25, 0.3) is 0 Å². The molecule has 0 unspecified atom stereocenters. The first-order valence-electron chi connectivity index (χ1n) is 5.77. The van der Waals surface area contributed by atoms with Crippen LogP contribution >= 0.6 is 15.9 Å². The maximum Gasteiger partial charge on any atom is 0.234 e. The summed E-state index contributed by atoms with van der Waals surface area (Å²) in [5.41, 5.74) is 0. The molecule has 0 fully saturated rings. The minimum Gasteiger partial charge on any atom is -0.424 e. The van der Waals surface area contributed by atoms with E-state index < -0.39 is 15.1 Å². The lowest BCUT2D eigenvalue weighted by Crippen LogP contribution is -2.11. The number of hydrogen-bond acceptors (Lipinski definition) is 5. The minimum atomic E-state index is -3.52. The highest BCUT2D eigenvalue weighted by Gasteiger charge is 2.29. The molecule has 1 aromatic carbocycles. The normalized spacial score (nSPS) is 13.4. The largest absolute Gasteiger partial charge is 0.424 e. The standard InChI is InChI=1S/C12H13BrN2O3S/c1-3-11-14-15-12(18-11)8(2)19(16,17)10-6-4-9(13)5-7-10/h4-8H,3H2,1-2H3/t8-/m0/s1. The van der Waals surface area contributed by atoms with Crippen LogP contribution in [-0.2, 0) is 16.3 Å². The second-order valence-corrected chi connectivity index (χ2v) is 7.21. The number of aromatic nitrogens is 2. The Morgan fingerprint density at radius 3 is 2.42 bits per heavy atom. The minimum absolute atomic E-state index is 0.125. The van der Waals surface area contributed by atoms with Crippen molar-refractivity contribution in [2.24, 2.45) is 0 Å². The highest BCUT2D eigenvalue weighted by atomic mass is 79.9. The van der Waals surface area contributed by atoms with Crippen LogP contribution in [0, 0.1) is 0 Å². The second kappa shape index (κ2) is 5.42. The molecule has 0 radical (unpaired) electrons. The van der Waals surface area contributed by atoms with E-state index in [-0.39, 0.29) is 10.8 Å². The molecular formula is C12H13BrN2O3S. The van der Waals surface area contributed by atoms with Crippen LogP contribution in [0.1, 0.15) is 30.9 Å². The number of benzene rings is 1. The van der Waals surface area contributed by atoms with Crippen LogP contribution in [0.5, 0.6) is 0 Å². The van der Waals surface area contributed by atoms with Crippen molar-refractivity contribution in [1.29, 1.82) is 0 Å². The molecule has 0 saturated heterocycles. The lowest BCUT2D eigenvalue weighted by atomic mass is 10.4. The van der Waals surface area contributed by atoms with E-state index in [2.05, 4.69) is 26.1 Å². The average Bonchev–Trinajstić information content (AvgIpc) is 2.87. The Morgan fingerprint density at radius 1 is 1.26 bits per heavy atom. The summed E-state index contributed by atoms with van der Waals surface area (Å²) in [5, 5.41) is 6.72. The monoisotopic (exact) mass is 344 g/mol. The van der Waals surface area contributed by atoms with Gasteiger partial charge in [0.15, 0.2) is 9.84 Å². The first-order chi connectivity index (χ1) is 8.95.